The van der Waals surface area contributed by atoms with Gasteiger partial charge in [0.15, 0.2) is 5.13 Å². The lowest BCUT2D eigenvalue weighted by molar-refractivity contribution is 0.0983. The molecule has 0 N–H and O–H groups in total. The highest BCUT2D eigenvalue weighted by atomic mass is 35.5. The average molecular weight is 464 g/mol. The van der Waals surface area contributed by atoms with Crippen molar-refractivity contribution in [1.29, 1.82) is 0 Å². The van der Waals surface area contributed by atoms with Gasteiger partial charge in [0.05, 0.1) is 10.2 Å². The highest BCUT2D eigenvalue weighted by molar-refractivity contribution is 7.98. The summed E-state index contributed by atoms with van der Waals surface area (Å²) in [5.74, 6) is 0.0153. The van der Waals surface area contributed by atoms with Crippen LogP contribution < -0.4 is 4.90 Å². The molecule has 1 heterocycles. The van der Waals surface area contributed by atoms with Crippen molar-refractivity contribution in [2.24, 2.45) is 0 Å². The number of rotatable bonds is 8. The SMILES string of the molecule is CCN(CC)CCN(C(=O)c1cccc(SC)c1)c1nc2c(C)c(C)ccc2s1.Cl. The first-order valence-electron chi connectivity index (χ1n) is 10.0. The van der Waals surface area contributed by atoms with Crippen LogP contribution in [0.3, 0.4) is 0 Å². The number of likely N-dealkylation sites (N-methyl/N-ethyl adjacent to an activating group) is 1. The molecular formula is C23H30ClN3OS2. The third kappa shape index (κ3) is 5.35. The molecule has 0 spiro atoms. The number of aromatic nitrogens is 1. The first-order valence-corrected chi connectivity index (χ1v) is 12.1. The van der Waals surface area contributed by atoms with E-state index in [-0.39, 0.29) is 18.3 Å². The van der Waals surface area contributed by atoms with Crippen molar-refractivity contribution in [3.05, 3.63) is 53.1 Å². The number of benzene rings is 2. The van der Waals surface area contributed by atoms with Crippen LogP contribution in [0, 0.1) is 13.8 Å². The van der Waals surface area contributed by atoms with E-state index in [0.717, 1.165) is 39.9 Å². The molecule has 0 saturated heterocycles. The molecule has 30 heavy (non-hydrogen) atoms. The molecule has 0 bridgehead atoms. The molecule has 1 amide bonds. The fourth-order valence-corrected chi connectivity index (χ4v) is 4.82. The Bertz CT molecular complexity index is 1000. The van der Waals surface area contributed by atoms with Gasteiger partial charge in [-0.05, 0) is 68.6 Å². The van der Waals surface area contributed by atoms with Crippen molar-refractivity contribution in [2.75, 3.05) is 37.3 Å². The third-order valence-electron chi connectivity index (χ3n) is 5.40. The van der Waals surface area contributed by atoms with E-state index in [2.05, 4.69) is 44.7 Å². The number of hydrogen-bond donors (Lipinski definition) is 0. The molecule has 0 aliphatic rings. The Kier molecular flexibility index (Phi) is 9.16. The van der Waals surface area contributed by atoms with Crippen molar-refractivity contribution < 1.29 is 4.79 Å². The van der Waals surface area contributed by atoms with Crippen molar-refractivity contribution >= 4 is 56.8 Å². The predicted molar refractivity (Wildman–Crippen MR) is 134 cm³/mol. The summed E-state index contributed by atoms with van der Waals surface area (Å²) < 4.78 is 1.13. The minimum absolute atomic E-state index is 0. The van der Waals surface area contributed by atoms with Gasteiger partial charge in [-0.25, -0.2) is 4.98 Å². The number of thiazole rings is 1. The fraction of sp³-hybridized carbons (Fsp3) is 0.391. The summed E-state index contributed by atoms with van der Waals surface area (Å²) in [5.41, 5.74) is 4.13. The summed E-state index contributed by atoms with van der Waals surface area (Å²) in [6, 6.07) is 12.1. The van der Waals surface area contributed by atoms with Gasteiger partial charge < -0.3 is 4.90 Å². The summed E-state index contributed by atoms with van der Waals surface area (Å²) in [6.07, 6.45) is 2.03. The third-order valence-corrected chi connectivity index (χ3v) is 7.17. The minimum atomic E-state index is 0. The van der Waals surface area contributed by atoms with E-state index >= 15 is 0 Å². The van der Waals surface area contributed by atoms with Gasteiger partial charge in [0, 0.05) is 23.5 Å². The summed E-state index contributed by atoms with van der Waals surface area (Å²) in [6.45, 7) is 11.9. The van der Waals surface area contributed by atoms with E-state index in [1.54, 1.807) is 23.1 Å². The molecule has 0 saturated carbocycles. The number of carbonyl (C=O) groups is 1. The molecule has 0 aliphatic carbocycles. The number of nitrogens with zero attached hydrogens (tertiary/aromatic N) is 3. The Morgan fingerprint density at radius 3 is 2.50 bits per heavy atom. The quantitative estimate of drug-likeness (QED) is 0.381. The number of carbonyl (C=O) groups excluding carboxylic acids is 1. The van der Waals surface area contributed by atoms with Gasteiger partial charge in [0.2, 0.25) is 0 Å². The Labute approximate surface area is 194 Å². The Morgan fingerprint density at radius 1 is 1.10 bits per heavy atom. The first kappa shape index (κ1) is 24.7. The normalized spacial score (nSPS) is 11.0. The summed E-state index contributed by atoms with van der Waals surface area (Å²) in [4.78, 5) is 23.7. The molecule has 3 aromatic rings. The molecule has 3 rings (SSSR count). The molecule has 1 aromatic heterocycles. The standard InChI is InChI=1S/C23H29N3OS2.ClH/c1-6-25(7-2)13-14-26(22(27)18-9-8-10-19(15-18)28-5)23-24-21-17(4)16(3)11-12-20(21)29-23;/h8-12,15H,6-7,13-14H2,1-5H3;1H. The Balaban J connectivity index is 0.00000320. The highest BCUT2D eigenvalue weighted by Crippen LogP contribution is 2.32. The molecule has 0 atom stereocenters. The van der Waals surface area contributed by atoms with Crippen LogP contribution in [0.5, 0.6) is 0 Å². The van der Waals surface area contributed by atoms with Crippen LogP contribution in [0.25, 0.3) is 10.2 Å². The molecule has 2 aromatic carbocycles. The van der Waals surface area contributed by atoms with E-state index in [9.17, 15) is 4.79 Å². The molecule has 7 heteroatoms. The topological polar surface area (TPSA) is 36.4 Å². The second-order valence-corrected chi connectivity index (χ2v) is 8.96. The largest absolute Gasteiger partial charge is 0.302 e. The maximum atomic E-state index is 13.5. The van der Waals surface area contributed by atoms with E-state index in [4.69, 9.17) is 4.98 Å². The van der Waals surface area contributed by atoms with E-state index in [1.807, 2.05) is 35.4 Å². The van der Waals surface area contributed by atoms with Gasteiger partial charge in [-0.3, -0.25) is 9.69 Å². The summed E-state index contributed by atoms with van der Waals surface area (Å²) >= 11 is 3.25. The molecule has 162 valence electrons. The van der Waals surface area contributed by atoms with Crippen molar-refractivity contribution in [1.82, 2.24) is 9.88 Å². The number of aryl methyl sites for hydroxylation is 2. The minimum Gasteiger partial charge on any atom is -0.302 e. The number of anilines is 1. The van der Waals surface area contributed by atoms with Gasteiger partial charge in [-0.1, -0.05) is 37.3 Å². The molecule has 0 aliphatic heterocycles. The first-order chi connectivity index (χ1) is 14.0. The lowest BCUT2D eigenvalue weighted by atomic mass is 10.1. The zero-order valence-electron chi connectivity index (χ0n) is 18.3. The van der Waals surface area contributed by atoms with Crippen LogP contribution in [-0.4, -0.2) is 48.2 Å². The highest BCUT2D eigenvalue weighted by Gasteiger charge is 2.22. The van der Waals surface area contributed by atoms with Crippen molar-refractivity contribution in [2.45, 2.75) is 32.6 Å². The van der Waals surface area contributed by atoms with Crippen LogP contribution in [-0.2, 0) is 0 Å². The lowest BCUT2D eigenvalue weighted by Gasteiger charge is -2.25. The van der Waals surface area contributed by atoms with Gasteiger partial charge in [-0.15, -0.1) is 24.2 Å². The monoisotopic (exact) mass is 463 g/mol. The van der Waals surface area contributed by atoms with Crippen LogP contribution >= 0.6 is 35.5 Å². The van der Waals surface area contributed by atoms with Gasteiger partial charge in [0.25, 0.3) is 5.91 Å². The van der Waals surface area contributed by atoms with Crippen LogP contribution in [0.4, 0.5) is 5.13 Å². The molecule has 0 radical (unpaired) electrons. The number of halogens is 1. The number of thioether (sulfide) groups is 1. The zero-order valence-corrected chi connectivity index (χ0v) is 20.7. The number of amides is 1. The van der Waals surface area contributed by atoms with Crippen molar-refractivity contribution in [3.8, 4) is 0 Å². The maximum absolute atomic E-state index is 13.5. The summed E-state index contributed by atoms with van der Waals surface area (Å²) in [7, 11) is 0. The maximum Gasteiger partial charge on any atom is 0.260 e. The van der Waals surface area contributed by atoms with Crippen LogP contribution in [0.1, 0.15) is 35.3 Å². The van der Waals surface area contributed by atoms with E-state index in [1.165, 1.54) is 11.1 Å². The second-order valence-electron chi connectivity index (χ2n) is 7.07. The summed E-state index contributed by atoms with van der Waals surface area (Å²) in [5, 5.41) is 0.778. The molecule has 0 unspecified atom stereocenters. The lowest BCUT2D eigenvalue weighted by Crippen LogP contribution is -2.38. The van der Waals surface area contributed by atoms with E-state index < -0.39 is 0 Å². The molecule has 4 nitrogen and oxygen atoms in total. The van der Waals surface area contributed by atoms with Crippen LogP contribution in [0.2, 0.25) is 0 Å². The Hall–Kier alpha value is -1.60. The van der Waals surface area contributed by atoms with Gasteiger partial charge in [-0.2, -0.15) is 0 Å². The zero-order chi connectivity index (χ0) is 21.0. The Morgan fingerprint density at radius 2 is 1.83 bits per heavy atom. The average Bonchev–Trinajstić information content (AvgIpc) is 3.18. The number of fused-ring (bicyclic) bond motifs is 1. The smallest absolute Gasteiger partial charge is 0.260 e. The predicted octanol–water partition coefficient (Wildman–Crippen LogP) is 6.05. The molecular weight excluding hydrogens is 434 g/mol. The van der Waals surface area contributed by atoms with Crippen molar-refractivity contribution in [3.63, 3.8) is 0 Å². The number of hydrogen-bond acceptors (Lipinski definition) is 5. The second kappa shape index (κ2) is 11.1. The van der Waals surface area contributed by atoms with Crippen LogP contribution in [0.15, 0.2) is 41.3 Å². The van der Waals surface area contributed by atoms with Gasteiger partial charge >= 0.3 is 0 Å². The van der Waals surface area contributed by atoms with E-state index in [0.29, 0.717) is 12.1 Å². The van der Waals surface area contributed by atoms with Gasteiger partial charge in [0.1, 0.15) is 0 Å². The molecule has 0 fully saturated rings. The fourth-order valence-electron chi connectivity index (χ4n) is 3.31.